The number of hydrogen-bond donors (Lipinski definition) is 0. The normalized spacial score (nSPS) is 23.0. The van der Waals surface area contributed by atoms with Gasteiger partial charge in [-0.3, -0.25) is 9.80 Å². The minimum atomic E-state index is -0.445. The maximum atomic E-state index is 12.7. The topological polar surface area (TPSA) is 63.7 Å². The Labute approximate surface area is 210 Å². The molecular formula is C26H30ClN3O5. The first-order valence-corrected chi connectivity index (χ1v) is 12.5. The minimum Gasteiger partial charge on any atom is -0.492 e. The van der Waals surface area contributed by atoms with Gasteiger partial charge in [-0.1, -0.05) is 31.5 Å². The van der Waals surface area contributed by atoms with Crippen LogP contribution in [-0.2, 0) is 26.4 Å². The molecule has 1 amide bonds. The number of hydrogen-bond acceptors (Lipinski definition) is 7. The minimum absolute atomic E-state index is 0.0498. The first kappa shape index (κ1) is 22.9. The number of likely N-dealkylation sites (tertiary alicyclic amines) is 1. The highest BCUT2D eigenvalue weighted by Crippen LogP contribution is 2.43. The largest absolute Gasteiger partial charge is 0.492 e. The average molecular weight is 500 g/mol. The molecule has 0 saturated carbocycles. The van der Waals surface area contributed by atoms with Crippen LogP contribution in [0.5, 0.6) is 5.75 Å². The third kappa shape index (κ3) is 4.22. The van der Waals surface area contributed by atoms with Gasteiger partial charge in [0.15, 0.2) is 0 Å². The van der Waals surface area contributed by atoms with E-state index in [2.05, 4.69) is 24.8 Å². The molecule has 8 nitrogen and oxygen atoms in total. The summed E-state index contributed by atoms with van der Waals surface area (Å²) in [4.78, 5) is 27.2. The molecule has 2 aromatic carbocycles. The number of anilines is 2. The number of fused-ring (bicyclic) bond motifs is 1. The predicted octanol–water partition coefficient (Wildman–Crippen LogP) is 5.03. The van der Waals surface area contributed by atoms with Gasteiger partial charge in [-0.05, 0) is 47.7 Å². The van der Waals surface area contributed by atoms with Gasteiger partial charge in [0, 0.05) is 43.7 Å². The van der Waals surface area contributed by atoms with Gasteiger partial charge in [0.1, 0.15) is 11.4 Å². The molecule has 4 heterocycles. The van der Waals surface area contributed by atoms with Crippen molar-refractivity contribution in [2.75, 3.05) is 43.2 Å². The Morgan fingerprint density at radius 3 is 2.40 bits per heavy atom. The van der Waals surface area contributed by atoms with E-state index in [1.54, 1.807) is 4.90 Å². The van der Waals surface area contributed by atoms with E-state index >= 15 is 0 Å². The fraction of sp³-hybridized carbons (Fsp3) is 0.500. The molecule has 2 aromatic rings. The van der Waals surface area contributed by atoms with Crippen LogP contribution in [0.2, 0.25) is 5.02 Å². The molecule has 3 saturated heterocycles. The zero-order valence-electron chi connectivity index (χ0n) is 20.1. The molecule has 4 aliphatic rings. The highest BCUT2D eigenvalue weighted by atomic mass is 35.5. The SMILES string of the molecule is CC1(C)CCOc2c(Cl)cc(CN3CCC4(CC3)CN(c3ccc(N5OCO5)cc3)C(=O)O4)cc21. The molecule has 6 rings (SSSR count). The Morgan fingerprint density at radius 2 is 1.71 bits per heavy atom. The third-order valence-corrected chi connectivity index (χ3v) is 7.94. The van der Waals surface area contributed by atoms with Crippen LogP contribution in [0.1, 0.15) is 44.2 Å². The van der Waals surface area contributed by atoms with Crippen LogP contribution in [-0.4, -0.2) is 49.6 Å². The first-order valence-electron chi connectivity index (χ1n) is 12.2. The van der Waals surface area contributed by atoms with Crippen LogP contribution >= 0.6 is 11.6 Å². The summed E-state index contributed by atoms with van der Waals surface area (Å²) in [5, 5.41) is 2.05. The van der Waals surface area contributed by atoms with E-state index in [0.717, 1.165) is 56.0 Å². The van der Waals surface area contributed by atoms with Crippen LogP contribution < -0.4 is 14.9 Å². The molecule has 1 spiro atoms. The van der Waals surface area contributed by atoms with Crippen molar-refractivity contribution >= 4 is 29.1 Å². The average Bonchev–Trinajstić information content (AvgIpc) is 3.11. The first-order chi connectivity index (χ1) is 16.8. The van der Waals surface area contributed by atoms with E-state index in [-0.39, 0.29) is 18.3 Å². The number of halogens is 1. The number of nitrogens with zero attached hydrogens (tertiary/aromatic N) is 3. The summed E-state index contributed by atoms with van der Waals surface area (Å²) in [5.41, 5.74) is 3.59. The van der Waals surface area contributed by atoms with Gasteiger partial charge in [-0.25, -0.2) is 14.5 Å². The number of rotatable bonds is 4. The van der Waals surface area contributed by atoms with Crippen molar-refractivity contribution < 1.29 is 23.9 Å². The molecule has 0 radical (unpaired) electrons. The van der Waals surface area contributed by atoms with Gasteiger partial charge in [0.05, 0.1) is 23.9 Å². The lowest BCUT2D eigenvalue weighted by Gasteiger charge is -2.38. The van der Waals surface area contributed by atoms with Gasteiger partial charge >= 0.3 is 6.09 Å². The highest BCUT2D eigenvalue weighted by molar-refractivity contribution is 6.32. The number of benzene rings is 2. The lowest BCUT2D eigenvalue weighted by Crippen LogP contribution is -2.46. The van der Waals surface area contributed by atoms with Crippen molar-refractivity contribution in [3.63, 3.8) is 0 Å². The van der Waals surface area contributed by atoms with Crippen LogP contribution in [0.4, 0.5) is 16.2 Å². The van der Waals surface area contributed by atoms with Gasteiger partial charge in [0.2, 0.25) is 6.79 Å². The molecule has 0 aliphatic carbocycles. The maximum Gasteiger partial charge on any atom is 0.415 e. The summed E-state index contributed by atoms with van der Waals surface area (Å²) >= 11 is 6.60. The van der Waals surface area contributed by atoms with Crippen molar-refractivity contribution in [1.29, 1.82) is 0 Å². The quantitative estimate of drug-likeness (QED) is 0.584. The van der Waals surface area contributed by atoms with Crippen LogP contribution in [0, 0.1) is 0 Å². The number of amides is 1. The van der Waals surface area contributed by atoms with E-state index in [9.17, 15) is 4.79 Å². The molecule has 35 heavy (non-hydrogen) atoms. The monoisotopic (exact) mass is 499 g/mol. The molecule has 9 heteroatoms. The predicted molar refractivity (Wildman–Crippen MR) is 132 cm³/mol. The van der Waals surface area contributed by atoms with E-state index < -0.39 is 5.60 Å². The second-order valence-corrected chi connectivity index (χ2v) is 10.9. The molecule has 3 fully saturated rings. The van der Waals surface area contributed by atoms with Crippen LogP contribution in [0.3, 0.4) is 0 Å². The molecule has 186 valence electrons. The Morgan fingerprint density at radius 1 is 1.00 bits per heavy atom. The van der Waals surface area contributed by atoms with Crippen molar-refractivity contribution in [2.45, 2.75) is 50.7 Å². The summed E-state index contributed by atoms with van der Waals surface area (Å²) in [6.45, 7) is 8.56. The lowest BCUT2D eigenvalue weighted by atomic mass is 9.79. The standard InChI is InChI=1S/C26H30ClN3O5/c1-25(2)9-12-32-23-21(25)13-18(14-22(23)27)15-28-10-7-26(8-11-28)16-29(24(31)35-26)19-3-5-20(6-4-19)30-33-17-34-30/h3-6,13-14H,7-12,15-17H2,1-2H3. The Kier molecular flexibility index (Phi) is 5.60. The summed E-state index contributed by atoms with van der Waals surface area (Å²) in [7, 11) is 0. The van der Waals surface area contributed by atoms with Crippen molar-refractivity contribution in [1.82, 2.24) is 4.90 Å². The van der Waals surface area contributed by atoms with Gasteiger partial charge < -0.3 is 9.47 Å². The molecule has 0 bridgehead atoms. The summed E-state index contributed by atoms with van der Waals surface area (Å²) in [5.74, 6) is 0.834. The zero-order chi connectivity index (χ0) is 24.2. The van der Waals surface area contributed by atoms with Gasteiger partial charge in [-0.2, -0.15) is 0 Å². The number of carbonyl (C=O) groups is 1. The summed E-state index contributed by atoms with van der Waals surface area (Å²) in [6.07, 6.45) is 2.30. The number of carbonyl (C=O) groups excluding carboxylic acids is 1. The molecule has 0 unspecified atom stereocenters. The fourth-order valence-corrected chi connectivity index (χ4v) is 5.70. The highest BCUT2D eigenvalue weighted by Gasteiger charge is 2.47. The van der Waals surface area contributed by atoms with Crippen molar-refractivity contribution in [3.05, 3.63) is 52.5 Å². The summed E-state index contributed by atoms with van der Waals surface area (Å²) < 4.78 is 11.8. The third-order valence-electron chi connectivity index (χ3n) is 7.66. The Bertz CT molecular complexity index is 1130. The van der Waals surface area contributed by atoms with Crippen molar-refractivity contribution in [3.8, 4) is 5.75 Å². The Balaban J connectivity index is 1.10. The van der Waals surface area contributed by atoms with E-state index in [4.69, 9.17) is 30.7 Å². The molecule has 0 atom stereocenters. The fourth-order valence-electron chi connectivity index (χ4n) is 5.40. The number of ether oxygens (including phenoxy) is 2. The number of piperidine rings is 1. The Hall–Kier alpha value is -2.52. The van der Waals surface area contributed by atoms with Gasteiger partial charge in [-0.15, -0.1) is 5.23 Å². The second-order valence-electron chi connectivity index (χ2n) is 10.5. The molecule has 4 aliphatic heterocycles. The maximum absolute atomic E-state index is 12.7. The lowest BCUT2D eigenvalue weighted by molar-refractivity contribution is -0.277. The summed E-state index contributed by atoms with van der Waals surface area (Å²) in [6, 6.07) is 11.8. The second kappa shape index (κ2) is 8.55. The van der Waals surface area contributed by atoms with Crippen molar-refractivity contribution in [2.24, 2.45) is 0 Å². The molecular weight excluding hydrogens is 470 g/mol. The van der Waals surface area contributed by atoms with Gasteiger partial charge in [0.25, 0.3) is 0 Å². The van der Waals surface area contributed by atoms with E-state index in [0.29, 0.717) is 18.2 Å². The van der Waals surface area contributed by atoms with E-state index in [1.807, 2.05) is 30.3 Å². The zero-order valence-corrected chi connectivity index (χ0v) is 20.8. The van der Waals surface area contributed by atoms with E-state index in [1.165, 1.54) is 16.4 Å². The van der Waals surface area contributed by atoms with Crippen LogP contribution in [0.25, 0.3) is 0 Å². The smallest absolute Gasteiger partial charge is 0.415 e. The molecule has 0 N–H and O–H groups in total. The van der Waals surface area contributed by atoms with Crippen LogP contribution in [0.15, 0.2) is 36.4 Å². The molecule has 0 aromatic heterocycles.